The third kappa shape index (κ3) is 7.21. The SMILES string of the molecule is [C-]#[N+]c1ccc(N2C(=O)C(C)(C)N(c3ccc(C(=O)NCCCCCCCCCN)c(F)c3)C2=S)cc1C(F)(F)F. The molecule has 0 radical (unpaired) electrons. The first-order valence-electron chi connectivity index (χ1n) is 13.4. The minimum Gasteiger partial charge on any atom is -0.352 e. The highest BCUT2D eigenvalue weighted by atomic mass is 32.1. The maximum absolute atomic E-state index is 15.1. The number of rotatable bonds is 12. The molecule has 3 N–H and O–H groups in total. The number of amides is 2. The molecule has 0 unspecified atom stereocenters. The van der Waals surface area contributed by atoms with Gasteiger partial charge in [-0.05, 0) is 75.8 Å². The molecule has 7 nitrogen and oxygen atoms in total. The molecule has 0 saturated carbocycles. The van der Waals surface area contributed by atoms with E-state index in [-0.39, 0.29) is 22.1 Å². The third-order valence-corrected chi connectivity index (χ3v) is 7.32. The van der Waals surface area contributed by atoms with Crippen molar-refractivity contribution in [2.24, 2.45) is 5.73 Å². The van der Waals surface area contributed by atoms with Crippen molar-refractivity contribution in [2.75, 3.05) is 22.9 Å². The maximum atomic E-state index is 15.1. The van der Waals surface area contributed by atoms with Crippen LogP contribution in [-0.2, 0) is 11.0 Å². The molecule has 2 aromatic rings. The van der Waals surface area contributed by atoms with Gasteiger partial charge in [0, 0.05) is 17.9 Å². The van der Waals surface area contributed by atoms with Crippen LogP contribution in [0.4, 0.5) is 34.6 Å². The zero-order chi connectivity index (χ0) is 30.4. The van der Waals surface area contributed by atoms with E-state index in [1.54, 1.807) is 0 Å². The van der Waals surface area contributed by atoms with Gasteiger partial charge in [-0.15, -0.1) is 0 Å². The number of carbonyl (C=O) groups excluding carboxylic acids is 2. The predicted octanol–water partition coefficient (Wildman–Crippen LogP) is 6.73. The van der Waals surface area contributed by atoms with Gasteiger partial charge in [0.1, 0.15) is 11.4 Å². The van der Waals surface area contributed by atoms with Crippen LogP contribution in [-0.4, -0.2) is 35.6 Å². The number of hydrogen-bond acceptors (Lipinski definition) is 4. The summed E-state index contributed by atoms with van der Waals surface area (Å²) in [6.07, 6.45) is 2.32. The molecular formula is C29H33F4N5O2S. The van der Waals surface area contributed by atoms with Crippen molar-refractivity contribution in [3.05, 3.63) is 64.8 Å². The van der Waals surface area contributed by atoms with Gasteiger partial charge in [0.05, 0.1) is 17.7 Å². The van der Waals surface area contributed by atoms with Crippen molar-refractivity contribution in [1.29, 1.82) is 0 Å². The maximum Gasteiger partial charge on any atom is 0.407 e. The van der Waals surface area contributed by atoms with Gasteiger partial charge >= 0.3 is 6.18 Å². The zero-order valence-electron chi connectivity index (χ0n) is 23.0. The molecule has 1 aliphatic rings. The number of thiocarbonyl (C=S) groups is 1. The Bertz CT molecular complexity index is 1340. The molecule has 12 heteroatoms. The van der Waals surface area contributed by atoms with Crippen molar-refractivity contribution < 1.29 is 27.2 Å². The predicted molar refractivity (Wildman–Crippen MR) is 154 cm³/mol. The lowest BCUT2D eigenvalue weighted by atomic mass is 10.0. The molecule has 0 bridgehead atoms. The first kappa shape index (κ1) is 32.0. The lowest BCUT2D eigenvalue weighted by molar-refractivity contribution is -0.136. The summed E-state index contributed by atoms with van der Waals surface area (Å²) in [4.78, 5) is 31.1. The Morgan fingerprint density at radius 1 is 1.02 bits per heavy atom. The van der Waals surface area contributed by atoms with Crippen LogP contribution in [0.2, 0.25) is 0 Å². The summed E-state index contributed by atoms with van der Waals surface area (Å²) in [5.41, 5.74) is 2.12. The largest absolute Gasteiger partial charge is 0.407 e. The van der Waals surface area contributed by atoms with E-state index in [1.165, 1.54) is 36.9 Å². The van der Waals surface area contributed by atoms with Crippen molar-refractivity contribution in [3.63, 3.8) is 0 Å². The van der Waals surface area contributed by atoms with Gasteiger partial charge in [-0.1, -0.05) is 38.2 Å². The second-order valence-corrected chi connectivity index (χ2v) is 10.7. The topological polar surface area (TPSA) is 83.0 Å². The molecule has 0 aliphatic carbocycles. The molecule has 2 aromatic carbocycles. The third-order valence-electron chi connectivity index (χ3n) is 6.95. The van der Waals surface area contributed by atoms with Gasteiger partial charge in [0.15, 0.2) is 10.8 Å². The van der Waals surface area contributed by atoms with Crippen LogP contribution < -0.4 is 20.9 Å². The van der Waals surface area contributed by atoms with Crippen molar-refractivity contribution in [3.8, 4) is 0 Å². The zero-order valence-corrected chi connectivity index (χ0v) is 23.8. The lowest BCUT2D eigenvalue weighted by Gasteiger charge is -2.29. The number of alkyl halides is 3. The van der Waals surface area contributed by atoms with Gasteiger partial charge in [-0.25, -0.2) is 9.24 Å². The van der Waals surface area contributed by atoms with Crippen molar-refractivity contribution >= 4 is 46.2 Å². The standard InChI is InChI=1S/C29H33F4N5O2S/c1-28(2)26(40)37(19-12-14-24(35-3)22(17-19)29(31,32)33)27(41)38(28)20-11-13-21(23(30)18-20)25(39)36-16-10-8-6-4-5-7-9-15-34/h11-14,17-18H,4-10,15-16,34H2,1-2H3,(H,36,39). The smallest absolute Gasteiger partial charge is 0.352 e. The molecular weight excluding hydrogens is 558 g/mol. The molecule has 220 valence electrons. The Hall–Kier alpha value is -3.56. The van der Waals surface area contributed by atoms with Crippen LogP contribution in [0.15, 0.2) is 36.4 Å². The van der Waals surface area contributed by atoms with Crippen molar-refractivity contribution in [1.82, 2.24) is 5.32 Å². The molecule has 1 saturated heterocycles. The van der Waals surface area contributed by atoms with E-state index in [9.17, 15) is 22.8 Å². The summed E-state index contributed by atoms with van der Waals surface area (Å²) < 4.78 is 55.8. The first-order valence-corrected chi connectivity index (χ1v) is 13.8. The van der Waals surface area contributed by atoms with Crippen LogP contribution in [0, 0.1) is 12.4 Å². The normalized spacial score (nSPS) is 14.9. The number of unbranched alkanes of at least 4 members (excludes halogenated alkanes) is 6. The summed E-state index contributed by atoms with van der Waals surface area (Å²) in [6.45, 7) is 11.2. The van der Waals surface area contributed by atoms with E-state index in [4.69, 9.17) is 24.5 Å². The Morgan fingerprint density at radius 2 is 1.63 bits per heavy atom. The van der Waals surface area contributed by atoms with Crippen LogP contribution in [0.25, 0.3) is 4.85 Å². The van der Waals surface area contributed by atoms with E-state index in [2.05, 4.69) is 10.2 Å². The Balaban J connectivity index is 1.72. The van der Waals surface area contributed by atoms with E-state index in [0.29, 0.717) is 19.2 Å². The highest BCUT2D eigenvalue weighted by molar-refractivity contribution is 7.81. The Kier molecular flexibility index (Phi) is 10.4. The quantitative estimate of drug-likeness (QED) is 0.124. The van der Waals surface area contributed by atoms with E-state index in [0.717, 1.165) is 62.0 Å². The number of anilines is 2. The fourth-order valence-corrected chi connectivity index (χ4v) is 5.24. The number of nitrogens with one attached hydrogen (secondary N) is 1. The Labute approximate surface area is 242 Å². The number of carbonyl (C=O) groups is 2. The van der Waals surface area contributed by atoms with Crippen molar-refractivity contribution in [2.45, 2.75) is 70.5 Å². The summed E-state index contributed by atoms with van der Waals surface area (Å²) in [5.74, 6) is -2.03. The molecule has 2 amide bonds. The monoisotopic (exact) mass is 591 g/mol. The van der Waals surface area contributed by atoms with E-state index in [1.807, 2.05) is 0 Å². The molecule has 1 heterocycles. The summed E-state index contributed by atoms with van der Waals surface area (Å²) in [5, 5.41) is 2.55. The summed E-state index contributed by atoms with van der Waals surface area (Å²) >= 11 is 5.48. The molecule has 41 heavy (non-hydrogen) atoms. The van der Waals surface area contributed by atoms with Gasteiger partial charge in [-0.3, -0.25) is 14.5 Å². The highest BCUT2D eigenvalue weighted by Gasteiger charge is 2.50. The second-order valence-electron chi connectivity index (χ2n) is 10.3. The van der Waals surface area contributed by atoms with E-state index < -0.39 is 40.6 Å². The number of nitrogens with two attached hydrogens (primary N) is 1. The lowest BCUT2D eigenvalue weighted by Crippen LogP contribution is -2.44. The molecule has 1 aliphatic heterocycles. The minimum absolute atomic E-state index is 0.161. The fraction of sp³-hybridized carbons (Fsp3) is 0.448. The number of hydrogen-bond donors (Lipinski definition) is 2. The average Bonchev–Trinajstić information content (AvgIpc) is 3.09. The Morgan fingerprint density at radius 3 is 2.22 bits per heavy atom. The second kappa shape index (κ2) is 13.4. The van der Waals surface area contributed by atoms with Crippen LogP contribution in [0.3, 0.4) is 0 Å². The van der Waals surface area contributed by atoms with Crippen LogP contribution in [0.5, 0.6) is 0 Å². The first-order chi connectivity index (χ1) is 19.3. The van der Waals surface area contributed by atoms with Gasteiger partial charge in [0.2, 0.25) is 0 Å². The number of benzene rings is 2. The molecule has 3 rings (SSSR count). The van der Waals surface area contributed by atoms with Gasteiger partial charge in [-0.2, -0.15) is 13.2 Å². The number of halogens is 4. The minimum atomic E-state index is -4.82. The van der Waals surface area contributed by atoms with E-state index >= 15 is 4.39 Å². The van der Waals surface area contributed by atoms with Gasteiger partial charge in [0.25, 0.3) is 11.8 Å². The van der Waals surface area contributed by atoms with Crippen LogP contribution in [0.1, 0.15) is 74.7 Å². The highest BCUT2D eigenvalue weighted by Crippen LogP contribution is 2.42. The summed E-state index contributed by atoms with van der Waals surface area (Å²) in [6, 6.07) is 6.69. The number of nitrogens with zero attached hydrogens (tertiary/aromatic N) is 3. The van der Waals surface area contributed by atoms with Crippen LogP contribution >= 0.6 is 12.2 Å². The van der Waals surface area contributed by atoms with Gasteiger partial charge < -0.3 is 16.0 Å². The molecule has 0 aromatic heterocycles. The summed E-state index contributed by atoms with van der Waals surface area (Å²) in [7, 11) is 0. The average molecular weight is 592 g/mol. The molecule has 0 spiro atoms. The fourth-order valence-electron chi connectivity index (χ4n) is 4.72. The molecule has 1 fully saturated rings. The molecule has 0 atom stereocenters.